The number of piperidine rings is 1. The quantitative estimate of drug-likeness (QED) is 0.900. The lowest BCUT2D eigenvalue weighted by atomic mass is 9.90. The van der Waals surface area contributed by atoms with Gasteiger partial charge >= 0.3 is 5.97 Å². The number of aromatic carboxylic acids is 1. The van der Waals surface area contributed by atoms with E-state index in [1.807, 2.05) is 24.5 Å². The number of hydrogen-bond acceptors (Lipinski definition) is 4. The van der Waals surface area contributed by atoms with Crippen LogP contribution < -0.4 is 0 Å². The predicted octanol–water partition coefficient (Wildman–Crippen LogP) is 3.68. The number of rotatable bonds is 5. The second kappa shape index (κ2) is 7.74. The molecule has 132 valence electrons. The molecule has 1 aliphatic heterocycles. The maximum Gasteiger partial charge on any atom is 0.335 e. The zero-order valence-electron chi connectivity index (χ0n) is 14.9. The molecule has 1 N–H and O–H groups in total. The number of carboxylic acid groups (broad SMARTS) is 1. The molecule has 5 nitrogen and oxygen atoms in total. The van der Waals surface area contributed by atoms with Crippen molar-refractivity contribution in [1.29, 1.82) is 0 Å². The Kier molecular flexibility index (Phi) is 5.43. The van der Waals surface area contributed by atoms with E-state index in [-0.39, 0.29) is 0 Å². The van der Waals surface area contributed by atoms with Crippen LogP contribution in [-0.2, 0) is 6.54 Å². The summed E-state index contributed by atoms with van der Waals surface area (Å²) in [5.74, 6) is 0.815. The minimum Gasteiger partial charge on any atom is -0.478 e. The Hall–Kier alpha value is -2.27. The van der Waals surface area contributed by atoms with Crippen LogP contribution in [-0.4, -0.2) is 39.0 Å². The van der Waals surface area contributed by atoms with Crippen LogP contribution in [0, 0.1) is 0 Å². The molecule has 0 saturated carbocycles. The van der Waals surface area contributed by atoms with Gasteiger partial charge in [0.05, 0.1) is 5.56 Å². The molecule has 1 aliphatic rings. The highest BCUT2D eigenvalue weighted by molar-refractivity contribution is 5.87. The van der Waals surface area contributed by atoms with Gasteiger partial charge in [-0.3, -0.25) is 4.90 Å². The molecule has 0 aliphatic carbocycles. The summed E-state index contributed by atoms with van der Waals surface area (Å²) in [6.07, 6.45) is 6.17. The van der Waals surface area contributed by atoms with Gasteiger partial charge in [0.25, 0.3) is 0 Å². The van der Waals surface area contributed by atoms with E-state index in [2.05, 4.69) is 28.7 Å². The lowest BCUT2D eigenvalue weighted by Crippen LogP contribution is -2.34. The predicted molar refractivity (Wildman–Crippen MR) is 96.8 cm³/mol. The number of carbonyl (C=O) groups is 1. The van der Waals surface area contributed by atoms with Crippen LogP contribution >= 0.6 is 0 Å². The maximum atomic E-state index is 11.0. The monoisotopic (exact) mass is 339 g/mol. The Balaban J connectivity index is 1.63. The summed E-state index contributed by atoms with van der Waals surface area (Å²) < 4.78 is 0. The first-order chi connectivity index (χ1) is 12.0. The van der Waals surface area contributed by atoms with Gasteiger partial charge in [-0.15, -0.1) is 0 Å². The second-order valence-corrected chi connectivity index (χ2v) is 7.11. The van der Waals surface area contributed by atoms with Gasteiger partial charge in [0.15, 0.2) is 0 Å². The number of likely N-dealkylation sites (tertiary alicyclic amines) is 1. The van der Waals surface area contributed by atoms with E-state index in [0.29, 0.717) is 17.4 Å². The van der Waals surface area contributed by atoms with Gasteiger partial charge in [-0.05, 0) is 43.0 Å². The smallest absolute Gasteiger partial charge is 0.335 e. The van der Waals surface area contributed by atoms with E-state index in [4.69, 9.17) is 5.11 Å². The molecule has 1 aromatic carbocycles. The SMILES string of the molecule is CC(C)c1ncc(CN2CCCC(c3ccc(C(=O)O)cc3)C2)cn1. The van der Waals surface area contributed by atoms with Gasteiger partial charge in [-0.1, -0.05) is 26.0 Å². The molecule has 5 heteroatoms. The molecule has 1 aromatic heterocycles. The molecule has 2 aromatic rings. The molecular formula is C20H25N3O2. The highest BCUT2D eigenvalue weighted by Crippen LogP contribution is 2.28. The number of carboxylic acids is 1. The first kappa shape index (κ1) is 17.5. The minimum atomic E-state index is -0.873. The Morgan fingerprint density at radius 3 is 2.52 bits per heavy atom. The maximum absolute atomic E-state index is 11.0. The van der Waals surface area contributed by atoms with Gasteiger partial charge in [0, 0.05) is 37.0 Å². The molecule has 3 rings (SSSR count). The zero-order chi connectivity index (χ0) is 17.8. The van der Waals surface area contributed by atoms with Crippen molar-refractivity contribution in [2.24, 2.45) is 0 Å². The van der Waals surface area contributed by atoms with Crippen molar-refractivity contribution in [3.05, 3.63) is 59.2 Å². The average Bonchev–Trinajstić information content (AvgIpc) is 2.62. The van der Waals surface area contributed by atoms with Crippen molar-refractivity contribution in [3.8, 4) is 0 Å². The number of hydrogen-bond donors (Lipinski definition) is 1. The standard InChI is InChI=1S/C20H25N3O2/c1-14(2)19-21-10-15(11-22-19)12-23-9-3-4-18(13-23)16-5-7-17(8-6-16)20(24)25/h5-8,10-11,14,18H,3-4,9,12-13H2,1-2H3,(H,24,25). The summed E-state index contributed by atoms with van der Waals surface area (Å²) in [7, 11) is 0. The van der Waals surface area contributed by atoms with Gasteiger partial charge < -0.3 is 5.11 Å². The summed E-state index contributed by atoms with van der Waals surface area (Å²) in [6, 6.07) is 7.32. The summed E-state index contributed by atoms with van der Waals surface area (Å²) in [5.41, 5.74) is 2.71. The van der Waals surface area contributed by atoms with Crippen LogP contribution in [0.25, 0.3) is 0 Å². The third kappa shape index (κ3) is 4.42. The molecule has 0 spiro atoms. The number of aromatic nitrogens is 2. The molecule has 1 saturated heterocycles. The van der Waals surface area contributed by atoms with Crippen LogP contribution in [0.5, 0.6) is 0 Å². The first-order valence-corrected chi connectivity index (χ1v) is 8.89. The molecule has 0 bridgehead atoms. The minimum absolute atomic E-state index is 0.346. The van der Waals surface area contributed by atoms with Crippen LogP contribution in [0.2, 0.25) is 0 Å². The summed E-state index contributed by atoms with van der Waals surface area (Å²) in [6.45, 7) is 7.12. The third-order valence-electron chi connectivity index (χ3n) is 4.78. The van der Waals surface area contributed by atoms with Gasteiger partial charge in [-0.25, -0.2) is 14.8 Å². The van der Waals surface area contributed by atoms with Crippen molar-refractivity contribution in [2.75, 3.05) is 13.1 Å². The first-order valence-electron chi connectivity index (χ1n) is 8.89. The Morgan fingerprint density at radius 1 is 1.24 bits per heavy atom. The van der Waals surface area contributed by atoms with Gasteiger partial charge in [0.2, 0.25) is 0 Å². The average molecular weight is 339 g/mol. The summed E-state index contributed by atoms with van der Waals surface area (Å²) >= 11 is 0. The van der Waals surface area contributed by atoms with E-state index in [0.717, 1.165) is 43.9 Å². The molecule has 1 unspecified atom stereocenters. The van der Waals surface area contributed by atoms with E-state index in [9.17, 15) is 4.79 Å². The van der Waals surface area contributed by atoms with Crippen LogP contribution in [0.3, 0.4) is 0 Å². The fraction of sp³-hybridized carbons (Fsp3) is 0.450. The fourth-order valence-corrected chi connectivity index (χ4v) is 3.37. The lowest BCUT2D eigenvalue weighted by Gasteiger charge is -2.33. The third-order valence-corrected chi connectivity index (χ3v) is 4.78. The van der Waals surface area contributed by atoms with Crippen LogP contribution in [0.15, 0.2) is 36.7 Å². The van der Waals surface area contributed by atoms with Gasteiger partial charge in [-0.2, -0.15) is 0 Å². The van der Waals surface area contributed by atoms with Crippen LogP contribution in [0.4, 0.5) is 0 Å². The normalized spacial score (nSPS) is 18.4. The van der Waals surface area contributed by atoms with Crippen LogP contribution in [0.1, 0.15) is 65.8 Å². The zero-order valence-corrected chi connectivity index (χ0v) is 14.9. The highest BCUT2D eigenvalue weighted by Gasteiger charge is 2.22. The number of benzene rings is 1. The molecular weight excluding hydrogens is 314 g/mol. The largest absolute Gasteiger partial charge is 0.478 e. The van der Waals surface area contributed by atoms with Crippen molar-refractivity contribution in [3.63, 3.8) is 0 Å². The Morgan fingerprint density at radius 2 is 1.92 bits per heavy atom. The topological polar surface area (TPSA) is 66.3 Å². The molecule has 1 fully saturated rings. The van der Waals surface area contributed by atoms with E-state index < -0.39 is 5.97 Å². The highest BCUT2D eigenvalue weighted by atomic mass is 16.4. The molecule has 0 radical (unpaired) electrons. The summed E-state index contributed by atoms with van der Waals surface area (Å²) in [4.78, 5) is 22.3. The Labute approximate surface area is 148 Å². The number of nitrogens with zero attached hydrogens (tertiary/aromatic N) is 3. The van der Waals surface area contributed by atoms with E-state index in [1.165, 1.54) is 5.56 Å². The fourth-order valence-electron chi connectivity index (χ4n) is 3.37. The van der Waals surface area contributed by atoms with E-state index >= 15 is 0 Å². The van der Waals surface area contributed by atoms with Crippen molar-refractivity contribution in [2.45, 2.75) is 45.1 Å². The lowest BCUT2D eigenvalue weighted by molar-refractivity contribution is 0.0697. The molecule has 0 amide bonds. The molecule has 1 atom stereocenters. The van der Waals surface area contributed by atoms with Gasteiger partial charge in [0.1, 0.15) is 5.82 Å². The Bertz CT molecular complexity index is 711. The van der Waals surface area contributed by atoms with Crippen molar-refractivity contribution >= 4 is 5.97 Å². The molecule has 25 heavy (non-hydrogen) atoms. The summed E-state index contributed by atoms with van der Waals surface area (Å²) in [5, 5.41) is 9.03. The van der Waals surface area contributed by atoms with Crippen molar-refractivity contribution < 1.29 is 9.90 Å². The van der Waals surface area contributed by atoms with E-state index in [1.54, 1.807) is 12.1 Å². The molecule has 2 heterocycles. The van der Waals surface area contributed by atoms with Crippen molar-refractivity contribution in [1.82, 2.24) is 14.9 Å². The second-order valence-electron chi connectivity index (χ2n) is 7.11.